The van der Waals surface area contributed by atoms with Gasteiger partial charge in [0.25, 0.3) is 0 Å². The monoisotopic (exact) mass is 374 g/mol. The Labute approximate surface area is 156 Å². The summed E-state index contributed by atoms with van der Waals surface area (Å²) in [5, 5.41) is 32.0. The lowest BCUT2D eigenvalue weighted by Crippen LogP contribution is -2.29. The van der Waals surface area contributed by atoms with Crippen molar-refractivity contribution in [2.75, 3.05) is 6.54 Å². The van der Waals surface area contributed by atoms with Crippen LogP contribution in [-0.4, -0.2) is 29.0 Å². The molecule has 0 bridgehead atoms. The highest BCUT2D eigenvalue weighted by Gasteiger charge is 2.19. The second kappa shape index (κ2) is 9.78. The van der Waals surface area contributed by atoms with Crippen molar-refractivity contribution >= 4 is 17.7 Å². The topological polar surface area (TPSA) is 103 Å². The Morgan fingerprint density at radius 2 is 1.96 bits per heavy atom. The van der Waals surface area contributed by atoms with Crippen molar-refractivity contribution in [3.8, 4) is 6.07 Å². The Balaban J connectivity index is 1.77. The molecule has 1 amide bonds. The van der Waals surface area contributed by atoms with E-state index in [2.05, 4.69) is 5.32 Å². The minimum atomic E-state index is -1.22. The summed E-state index contributed by atoms with van der Waals surface area (Å²) < 4.78 is 5.05. The molecule has 0 aromatic heterocycles. The fraction of sp³-hybridized carbons (Fsp3) is 0.263. The molecule has 0 saturated carbocycles. The third-order valence-electron chi connectivity index (χ3n) is 3.68. The average molecular weight is 375 g/mol. The van der Waals surface area contributed by atoms with Crippen molar-refractivity contribution in [3.63, 3.8) is 0 Å². The molecule has 0 radical (unpaired) electrons. The van der Waals surface area contributed by atoms with Gasteiger partial charge in [-0.2, -0.15) is 5.26 Å². The molecule has 0 fully saturated rings. The number of halogens is 1. The molecule has 2 atom stereocenters. The molecule has 0 aliphatic carbocycles. The van der Waals surface area contributed by atoms with Crippen molar-refractivity contribution in [2.24, 2.45) is 0 Å². The standard InChI is InChI=1S/C19H19ClN2O4/c20-16-9-14(11-21)8-15(10-16)18(24)17(23)6-7-22-19(25)26-12-13-4-2-1-3-5-13/h1-5,8-10,17-18,23-24H,6-7,12H2,(H,22,25). The van der Waals surface area contributed by atoms with E-state index in [4.69, 9.17) is 21.6 Å². The quantitative estimate of drug-likeness (QED) is 0.691. The first-order valence-electron chi connectivity index (χ1n) is 8.01. The first-order valence-corrected chi connectivity index (χ1v) is 8.38. The number of benzene rings is 2. The van der Waals surface area contributed by atoms with Crippen LogP contribution in [0.4, 0.5) is 4.79 Å². The number of aliphatic hydroxyl groups excluding tert-OH is 2. The van der Waals surface area contributed by atoms with Gasteiger partial charge in [-0.1, -0.05) is 41.9 Å². The minimum Gasteiger partial charge on any atom is -0.445 e. The molecule has 2 aromatic rings. The Kier molecular flexibility index (Phi) is 7.42. The molecule has 0 heterocycles. The van der Waals surface area contributed by atoms with Crippen LogP contribution < -0.4 is 5.32 Å². The molecule has 0 aliphatic heterocycles. The summed E-state index contributed by atoms with van der Waals surface area (Å²) in [6.45, 7) is 0.273. The number of carbonyl (C=O) groups is 1. The molecule has 0 aliphatic rings. The van der Waals surface area contributed by atoms with Crippen LogP contribution in [0.25, 0.3) is 0 Å². The number of amides is 1. The van der Waals surface area contributed by atoms with Gasteiger partial charge in [-0.05, 0) is 35.7 Å². The average Bonchev–Trinajstić information content (AvgIpc) is 2.65. The predicted octanol–water partition coefficient (Wildman–Crippen LogP) is 2.92. The summed E-state index contributed by atoms with van der Waals surface area (Å²) in [5.74, 6) is 0. The van der Waals surface area contributed by atoms with E-state index in [0.717, 1.165) is 5.56 Å². The summed E-state index contributed by atoms with van der Waals surface area (Å²) in [4.78, 5) is 11.6. The van der Waals surface area contributed by atoms with E-state index in [1.165, 1.54) is 18.2 Å². The SMILES string of the molecule is N#Cc1cc(Cl)cc(C(O)C(O)CCNC(=O)OCc2ccccc2)c1. The maximum Gasteiger partial charge on any atom is 0.407 e. The van der Waals surface area contributed by atoms with Gasteiger partial charge in [0, 0.05) is 11.6 Å². The van der Waals surface area contributed by atoms with Gasteiger partial charge in [0.05, 0.1) is 17.7 Å². The van der Waals surface area contributed by atoms with Gasteiger partial charge in [-0.25, -0.2) is 4.79 Å². The predicted molar refractivity (Wildman–Crippen MR) is 96.4 cm³/mol. The number of ether oxygens (including phenoxy) is 1. The molecule has 6 nitrogen and oxygen atoms in total. The lowest BCUT2D eigenvalue weighted by Gasteiger charge is -2.19. The highest BCUT2D eigenvalue weighted by Crippen LogP contribution is 2.23. The minimum absolute atomic E-state index is 0.107. The highest BCUT2D eigenvalue weighted by molar-refractivity contribution is 6.30. The van der Waals surface area contributed by atoms with Crippen LogP contribution in [0.3, 0.4) is 0 Å². The lowest BCUT2D eigenvalue weighted by molar-refractivity contribution is 0.0136. The van der Waals surface area contributed by atoms with Gasteiger partial charge >= 0.3 is 6.09 Å². The van der Waals surface area contributed by atoms with Crippen LogP contribution in [0.2, 0.25) is 5.02 Å². The Morgan fingerprint density at radius 1 is 1.23 bits per heavy atom. The summed E-state index contributed by atoms with van der Waals surface area (Å²) in [7, 11) is 0. The smallest absolute Gasteiger partial charge is 0.407 e. The Bertz CT molecular complexity index is 777. The zero-order valence-electron chi connectivity index (χ0n) is 13.9. The fourth-order valence-electron chi connectivity index (χ4n) is 2.32. The molecule has 26 heavy (non-hydrogen) atoms. The van der Waals surface area contributed by atoms with E-state index >= 15 is 0 Å². The van der Waals surface area contributed by atoms with Gasteiger partial charge < -0.3 is 20.3 Å². The van der Waals surface area contributed by atoms with E-state index in [0.29, 0.717) is 16.1 Å². The van der Waals surface area contributed by atoms with E-state index < -0.39 is 18.3 Å². The third kappa shape index (κ3) is 6.05. The van der Waals surface area contributed by atoms with E-state index in [1.807, 2.05) is 36.4 Å². The van der Waals surface area contributed by atoms with Gasteiger partial charge in [0.2, 0.25) is 0 Å². The van der Waals surface area contributed by atoms with Crippen LogP contribution in [-0.2, 0) is 11.3 Å². The number of nitriles is 1. The van der Waals surface area contributed by atoms with Crippen LogP contribution in [0.15, 0.2) is 48.5 Å². The second-order valence-electron chi connectivity index (χ2n) is 5.67. The fourth-order valence-corrected chi connectivity index (χ4v) is 2.57. The van der Waals surface area contributed by atoms with Gasteiger partial charge in [-0.3, -0.25) is 0 Å². The number of hydrogen-bond acceptors (Lipinski definition) is 5. The van der Waals surface area contributed by atoms with Gasteiger partial charge in [0.1, 0.15) is 12.7 Å². The molecule has 0 spiro atoms. The van der Waals surface area contributed by atoms with Gasteiger partial charge in [-0.15, -0.1) is 0 Å². The molecule has 136 valence electrons. The third-order valence-corrected chi connectivity index (χ3v) is 3.90. The van der Waals surface area contributed by atoms with E-state index in [1.54, 1.807) is 0 Å². The number of aliphatic hydroxyl groups is 2. The Hall–Kier alpha value is -2.59. The number of rotatable bonds is 7. The number of alkyl carbamates (subject to hydrolysis) is 1. The molecule has 3 N–H and O–H groups in total. The molecule has 2 unspecified atom stereocenters. The van der Waals surface area contributed by atoms with Crippen LogP contribution in [0, 0.1) is 11.3 Å². The second-order valence-corrected chi connectivity index (χ2v) is 6.11. The number of nitrogens with one attached hydrogen (secondary N) is 1. The van der Waals surface area contributed by atoms with E-state index in [9.17, 15) is 15.0 Å². The van der Waals surface area contributed by atoms with Crippen LogP contribution in [0.1, 0.15) is 29.2 Å². The van der Waals surface area contributed by atoms with Crippen molar-refractivity contribution in [1.82, 2.24) is 5.32 Å². The lowest BCUT2D eigenvalue weighted by atomic mass is 10.0. The van der Waals surface area contributed by atoms with Crippen LogP contribution >= 0.6 is 11.6 Å². The number of carbonyl (C=O) groups excluding carboxylic acids is 1. The molecule has 2 aromatic carbocycles. The molecular weight excluding hydrogens is 356 g/mol. The van der Waals surface area contributed by atoms with E-state index in [-0.39, 0.29) is 19.6 Å². The van der Waals surface area contributed by atoms with Crippen molar-refractivity contribution in [3.05, 3.63) is 70.2 Å². The maximum absolute atomic E-state index is 11.6. The first kappa shape index (κ1) is 19.7. The maximum atomic E-state index is 11.6. The molecule has 7 heteroatoms. The normalized spacial score (nSPS) is 12.7. The number of nitrogens with zero attached hydrogens (tertiary/aromatic N) is 1. The first-order chi connectivity index (χ1) is 12.5. The van der Waals surface area contributed by atoms with Gasteiger partial charge in [0.15, 0.2) is 0 Å². The largest absolute Gasteiger partial charge is 0.445 e. The summed E-state index contributed by atoms with van der Waals surface area (Å²) in [5.41, 5.74) is 1.50. The van der Waals surface area contributed by atoms with Crippen LogP contribution in [0.5, 0.6) is 0 Å². The summed E-state index contributed by atoms with van der Waals surface area (Å²) in [6, 6.07) is 15.6. The highest BCUT2D eigenvalue weighted by atomic mass is 35.5. The Morgan fingerprint density at radius 3 is 2.65 bits per heavy atom. The zero-order chi connectivity index (χ0) is 18.9. The molecular formula is C19H19ClN2O4. The molecule has 2 rings (SSSR count). The zero-order valence-corrected chi connectivity index (χ0v) is 14.7. The van der Waals surface area contributed by atoms with Crippen molar-refractivity contribution < 1.29 is 19.7 Å². The number of hydrogen-bond donors (Lipinski definition) is 3. The summed E-state index contributed by atoms with van der Waals surface area (Å²) in [6.07, 6.45) is -2.85. The van der Waals surface area contributed by atoms with Crippen molar-refractivity contribution in [1.29, 1.82) is 5.26 Å². The van der Waals surface area contributed by atoms with Crippen molar-refractivity contribution in [2.45, 2.75) is 25.2 Å². The summed E-state index contributed by atoms with van der Waals surface area (Å²) >= 11 is 5.89. The molecule has 0 saturated heterocycles.